The van der Waals surface area contributed by atoms with Gasteiger partial charge in [0.05, 0.1) is 26.4 Å². The molecular weight excluding hydrogens is 1380 g/mol. The lowest BCUT2D eigenvalue weighted by molar-refractivity contribution is -0.161. The molecule has 0 radical (unpaired) electrons. The van der Waals surface area contributed by atoms with E-state index in [4.69, 9.17) is 37.0 Å². The molecule has 0 saturated heterocycles. The highest BCUT2D eigenvalue weighted by Crippen LogP contribution is 2.45. The summed E-state index contributed by atoms with van der Waals surface area (Å²) in [5, 5.41) is 10.7. The molecule has 0 aromatic rings. The highest BCUT2D eigenvalue weighted by molar-refractivity contribution is 7.47. The Hall–Kier alpha value is -1.94. The van der Waals surface area contributed by atoms with E-state index in [9.17, 15) is 43.2 Å². The first-order valence-electron chi connectivity index (χ1n) is 45.0. The second-order valence-electron chi connectivity index (χ2n) is 32.0. The number of ether oxygens (including phenoxy) is 4. The third-order valence-corrected chi connectivity index (χ3v) is 22.7. The van der Waals surface area contributed by atoms with Gasteiger partial charge in [-0.2, -0.15) is 0 Å². The van der Waals surface area contributed by atoms with Crippen LogP contribution in [0.4, 0.5) is 0 Å². The maximum Gasteiger partial charge on any atom is 0.472 e. The number of aliphatic hydroxyl groups excluding tert-OH is 1. The third kappa shape index (κ3) is 78.7. The zero-order valence-electron chi connectivity index (χ0n) is 69.7. The molecule has 6 atom stereocenters. The normalized spacial score (nSPS) is 14.1. The predicted molar refractivity (Wildman–Crippen MR) is 437 cm³/mol. The number of aliphatic hydroxyl groups is 1. The quantitative estimate of drug-likeness (QED) is 0.0222. The van der Waals surface area contributed by atoms with Crippen molar-refractivity contribution in [1.82, 2.24) is 0 Å². The van der Waals surface area contributed by atoms with Gasteiger partial charge in [-0.25, -0.2) is 9.13 Å². The second-order valence-corrected chi connectivity index (χ2v) is 34.9. The van der Waals surface area contributed by atoms with Crippen LogP contribution in [0.5, 0.6) is 0 Å². The molecule has 0 aromatic carbocycles. The van der Waals surface area contributed by atoms with Crippen molar-refractivity contribution < 1.29 is 80.2 Å². The summed E-state index contributed by atoms with van der Waals surface area (Å²) in [5.41, 5.74) is 0. The molecule has 0 saturated carbocycles. The average molecular weight is 1550 g/mol. The minimum absolute atomic E-state index is 0.109. The van der Waals surface area contributed by atoms with Gasteiger partial charge in [-0.05, 0) is 37.5 Å². The molecule has 0 heterocycles. The van der Waals surface area contributed by atoms with Crippen molar-refractivity contribution >= 4 is 39.5 Å². The molecule has 0 bridgehead atoms. The first-order valence-corrected chi connectivity index (χ1v) is 48.0. The molecule has 3 N–H and O–H groups in total. The highest BCUT2D eigenvalue weighted by atomic mass is 31.2. The number of hydrogen-bond donors (Lipinski definition) is 3. The minimum Gasteiger partial charge on any atom is -0.462 e. The van der Waals surface area contributed by atoms with E-state index in [1.165, 1.54) is 283 Å². The number of rotatable bonds is 86. The molecule has 630 valence electrons. The van der Waals surface area contributed by atoms with E-state index in [1.54, 1.807) is 0 Å². The van der Waals surface area contributed by atoms with Crippen LogP contribution in [-0.2, 0) is 65.4 Å². The summed E-state index contributed by atoms with van der Waals surface area (Å²) in [4.78, 5) is 73.3. The van der Waals surface area contributed by atoms with E-state index >= 15 is 0 Å². The van der Waals surface area contributed by atoms with Crippen molar-refractivity contribution in [3.8, 4) is 0 Å². The number of carbonyl (C=O) groups is 4. The lowest BCUT2D eigenvalue weighted by atomic mass is 9.99. The number of phosphoric acid groups is 2. The largest absolute Gasteiger partial charge is 0.472 e. The molecule has 0 rings (SSSR count). The van der Waals surface area contributed by atoms with E-state index < -0.39 is 97.5 Å². The fourth-order valence-corrected chi connectivity index (χ4v) is 15.1. The van der Waals surface area contributed by atoms with E-state index in [-0.39, 0.29) is 25.7 Å². The van der Waals surface area contributed by atoms with Crippen molar-refractivity contribution in [1.29, 1.82) is 0 Å². The maximum atomic E-state index is 13.2. The van der Waals surface area contributed by atoms with E-state index in [2.05, 4.69) is 41.5 Å². The molecule has 0 amide bonds. The fraction of sp³-hybridized carbons (Fsp3) is 0.954. The number of carbonyl (C=O) groups excluding carboxylic acids is 4. The molecular formula is C87H170O17P2. The van der Waals surface area contributed by atoms with Crippen molar-refractivity contribution in [2.45, 2.75) is 484 Å². The monoisotopic (exact) mass is 1550 g/mol. The van der Waals surface area contributed by atoms with Crippen LogP contribution in [-0.4, -0.2) is 96.7 Å². The lowest BCUT2D eigenvalue weighted by Gasteiger charge is -2.21. The number of esters is 4. The van der Waals surface area contributed by atoms with Crippen LogP contribution in [0.2, 0.25) is 0 Å². The van der Waals surface area contributed by atoms with Gasteiger partial charge in [-0.3, -0.25) is 37.3 Å². The average Bonchev–Trinajstić information content (AvgIpc) is 0.918. The first kappa shape index (κ1) is 104. The zero-order valence-corrected chi connectivity index (χ0v) is 71.5. The third-order valence-electron chi connectivity index (χ3n) is 20.8. The Bertz CT molecular complexity index is 2030. The summed E-state index contributed by atoms with van der Waals surface area (Å²) in [6.07, 6.45) is 70.6. The zero-order chi connectivity index (χ0) is 77.8. The van der Waals surface area contributed by atoms with E-state index in [1.807, 2.05) is 0 Å². The lowest BCUT2D eigenvalue weighted by Crippen LogP contribution is -2.30. The molecule has 106 heavy (non-hydrogen) atoms. The van der Waals surface area contributed by atoms with Crippen molar-refractivity contribution in [3.63, 3.8) is 0 Å². The standard InChI is InChI=1S/C87H170O17P2/c1-7-10-12-14-16-18-20-22-27-34-41-47-53-59-65-71-86(91)103-82(75-97-84(89)69-63-57-51-45-39-31-21-19-17-15-13-11-8-2)77-101-105(93,94)99-73-81(88)74-100-106(95,96)102-78-83(76-98-85(90)70-64-58-52-46-40-36-30-32-37-43-49-55-61-67-79(4)5)104-87(92)72-66-60-54-48-42-35-29-26-24-23-25-28-33-38-44-50-56-62-68-80(6)9-3/h79-83,88H,7-78H2,1-6H3,(H,93,94)(H,95,96)/t80?,81-,82+,83+/m0/s1. The molecule has 3 unspecified atom stereocenters. The van der Waals surface area contributed by atoms with Crippen molar-refractivity contribution in [2.24, 2.45) is 11.8 Å². The predicted octanol–water partition coefficient (Wildman–Crippen LogP) is 26.6. The smallest absolute Gasteiger partial charge is 0.462 e. The van der Waals surface area contributed by atoms with E-state index in [0.29, 0.717) is 25.7 Å². The van der Waals surface area contributed by atoms with Crippen LogP contribution in [0.3, 0.4) is 0 Å². The molecule has 0 aromatic heterocycles. The summed E-state index contributed by atoms with van der Waals surface area (Å²) in [6.45, 7) is 9.77. The van der Waals surface area contributed by atoms with Gasteiger partial charge in [-0.15, -0.1) is 0 Å². The minimum atomic E-state index is -4.97. The summed E-state index contributed by atoms with van der Waals surface area (Å²) in [6, 6.07) is 0. The van der Waals surface area contributed by atoms with Gasteiger partial charge in [-0.1, -0.05) is 414 Å². The first-order chi connectivity index (χ1) is 51.4. The van der Waals surface area contributed by atoms with Gasteiger partial charge in [0.25, 0.3) is 0 Å². The Morgan fingerprint density at radius 1 is 0.274 bits per heavy atom. The Labute approximate surface area is 651 Å². The van der Waals surface area contributed by atoms with Crippen LogP contribution in [0.1, 0.15) is 465 Å². The molecule has 0 spiro atoms. The maximum absolute atomic E-state index is 13.2. The van der Waals surface area contributed by atoms with Gasteiger partial charge < -0.3 is 33.8 Å². The van der Waals surface area contributed by atoms with Crippen molar-refractivity contribution in [2.75, 3.05) is 39.6 Å². The highest BCUT2D eigenvalue weighted by Gasteiger charge is 2.30. The summed E-state index contributed by atoms with van der Waals surface area (Å²) in [7, 11) is -9.93. The molecule has 0 fully saturated rings. The van der Waals surface area contributed by atoms with Gasteiger partial charge in [0.2, 0.25) is 0 Å². The van der Waals surface area contributed by atoms with Crippen LogP contribution in [0.25, 0.3) is 0 Å². The molecule has 17 nitrogen and oxygen atoms in total. The topological polar surface area (TPSA) is 237 Å². The van der Waals surface area contributed by atoms with Crippen LogP contribution < -0.4 is 0 Å². The molecule has 19 heteroatoms. The van der Waals surface area contributed by atoms with Crippen LogP contribution in [0.15, 0.2) is 0 Å². The summed E-state index contributed by atoms with van der Waals surface area (Å²) < 4.78 is 69.0. The Morgan fingerprint density at radius 2 is 0.481 bits per heavy atom. The Morgan fingerprint density at radius 3 is 0.717 bits per heavy atom. The molecule has 0 aliphatic rings. The molecule has 0 aliphatic heterocycles. The van der Waals surface area contributed by atoms with Gasteiger partial charge in [0, 0.05) is 25.7 Å². The summed E-state index contributed by atoms with van der Waals surface area (Å²) >= 11 is 0. The number of unbranched alkanes of at least 4 members (excludes halogenated alkanes) is 55. The number of phosphoric ester groups is 2. The Balaban J connectivity index is 5.25. The summed E-state index contributed by atoms with van der Waals surface area (Å²) in [5.74, 6) is -0.436. The van der Waals surface area contributed by atoms with Gasteiger partial charge in [0.1, 0.15) is 19.3 Å². The van der Waals surface area contributed by atoms with Crippen LogP contribution >= 0.6 is 15.6 Å². The SMILES string of the molecule is CCCCCCCCCCCCCCCCCC(=O)O[C@H](COC(=O)CCCCCCCCCCCCCCC)COP(=O)(O)OC[C@H](O)COP(=O)(O)OC[C@@H](COC(=O)CCCCCCCCCCCCCCCC(C)C)OC(=O)CCCCCCCCCCCCCCCCCCCCC(C)CC. The Kier molecular flexibility index (Phi) is 76.9. The van der Waals surface area contributed by atoms with Gasteiger partial charge in [0.15, 0.2) is 12.2 Å². The molecule has 0 aliphatic carbocycles. The van der Waals surface area contributed by atoms with Gasteiger partial charge >= 0.3 is 39.5 Å². The second kappa shape index (κ2) is 78.3. The van der Waals surface area contributed by atoms with Crippen molar-refractivity contribution in [3.05, 3.63) is 0 Å². The van der Waals surface area contributed by atoms with E-state index in [0.717, 1.165) is 102 Å². The fourth-order valence-electron chi connectivity index (χ4n) is 13.6. The number of hydrogen-bond acceptors (Lipinski definition) is 15. The van der Waals surface area contributed by atoms with Crippen LogP contribution in [0, 0.1) is 11.8 Å².